The van der Waals surface area contributed by atoms with Crippen molar-refractivity contribution in [3.05, 3.63) is 40.6 Å². The molecule has 1 aliphatic rings. The summed E-state index contributed by atoms with van der Waals surface area (Å²) >= 11 is 1.81. The van der Waals surface area contributed by atoms with E-state index in [2.05, 4.69) is 39.3 Å². The van der Waals surface area contributed by atoms with E-state index in [1.165, 1.54) is 23.4 Å². The molecule has 1 N–H and O–H groups in total. The Labute approximate surface area is 106 Å². The molecule has 0 aromatic carbocycles. The topological polar surface area (TPSA) is 29.9 Å². The number of nitrogens with one attached hydrogen (secondary N) is 1. The molecule has 0 saturated carbocycles. The molecule has 1 aliphatic heterocycles. The molecule has 3 nitrogen and oxygen atoms in total. The van der Waals surface area contributed by atoms with Crippen molar-refractivity contribution < 1.29 is 0 Å². The van der Waals surface area contributed by atoms with Crippen molar-refractivity contribution >= 4 is 11.3 Å². The Balaban J connectivity index is 1.90. The van der Waals surface area contributed by atoms with Gasteiger partial charge in [-0.05, 0) is 37.8 Å². The number of rotatable bonds is 3. The molecule has 1 saturated heterocycles. The van der Waals surface area contributed by atoms with Crippen LogP contribution < -0.4 is 5.32 Å². The minimum Gasteiger partial charge on any atom is -0.325 e. The first-order valence-corrected chi connectivity index (χ1v) is 7.03. The Morgan fingerprint density at radius 1 is 1.59 bits per heavy atom. The molecular formula is C13H17N3S. The smallest absolute Gasteiger partial charge is 0.0954 e. The Kier molecular flexibility index (Phi) is 2.99. The molecule has 17 heavy (non-hydrogen) atoms. The molecule has 0 bridgehead atoms. The predicted octanol–water partition coefficient (Wildman–Crippen LogP) is 2.98. The minimum absolute atomic E-state index is 0.384. The van der Waals surface area contributed by atoms with Gasteiger partial charge in [0.25, 0.3) is 0 Å². The van der Waals surface area contributed by atoms with E-state index in [1.807, 2.05) is 23.9 Å². The van der Waals surface area contributed by atoms with Gasteiger partial charge in [0.1, 0.15) is 0 Å². The largest absolute Gasteiger partial charge is 0.325 e. The van der Waals surface area contributed by atoms with Crippen LogP contribution in [0.4, 0.5) is 0 Å². The molecule has 1 fully saturated rings. The lowest BCUT2D eigenvalue weighted by Gasteiger charge is -2.18. The number of nitrogens with zero attached hydrogens (tertiary/aromatic N) is 2. The van der Waals surface area contributed by atoms with Crippen LogP contribution in [-0.4, -0.2) is 16.1 Å². The first kappa shape index (κ1) is 11.0. The van der Waals surface area contributed by atoms with Crippen molar-refractivity contribution in [1.82, 2.24) is 14.9 Å². The van der Waals surface area contributed by atoms with Gasteiger partial charge in [0, 0.05) is 17.1 Å². The number of hydrogen-bond donors (Lipinski definition) is 1. The molecule has 0 amide bonds. The summed E-state index contributed by atoms with van der Waals surface area (Å²) < 4.78 is 2.30. The van der Waals surface area contributed by atoms with E-state index >= 15 is 0 Å². The molecule has 2 atom stereocenters. The summed E-state index contributed by atoms with van der Waals surface area (Å²) in [6.45, 7) is 3.37. The van der Waals surface area contributed by atoms with Gasteiger partial charge in [0.05, 0.1) is 18.1 Å². The normalized spacial score (nSPS) is 21.8. The fourth-order valence-electron chi connectivity index (χ4n) is 2.51. The maximum absolute atomic E-state index is 4.33. The van der Waals surface area contributed by atoms with Crippen molar-refractivity contribution in [3.63, 3.8) is 0 Å². The second-order valence-electron chi connectivity index (χ2n) is 4.57. The highest BCUT2D eigenvalue weighted by molar-refractivity contribution is 7.10. The average Bonchev–Trinajstić information content (AvgIpc) is 3.09. The van der Waals surface area contributed by atoms with Crippen LogP contribution in [0, 0.1) is 0 Å². The summed E-state index contributed by atoms with van der Waals surface area (Å²) in [6, 6.07) is 5.18. The summed E-state index contributed by atoms with van der Waals surface area (Å²) in [5, 5.41) is 5.68. The third-order valence-corrected chi connectivity index (χ3v) is 4.53. The first-order chi connectivity index (χ1) is 8.36. The molecule has 2 aromatic heterocycles. The Bertz CT molecular complexity index is 469. The van der Waals surface area contributed by atoms with E-state index < -0.39 is 0 Å². The van der Waals surface area contributed by atoms with E-state index in [9.17, 15) is 0 Å². The van der Waals surface area contributed by atoms with Crippen molar-refractivity contribution in [1.29, 1.82) is 0 Å². The Hall–Kier alpha value is -1.13. The van der Waals surface area contributed by atoms with Crippen LogP contribution in [0.1, 0.15) is 42.4 Å². The fraction of sp³-hybridized carbons (Fsp3) is 0.462. The summed E-state index contributed by atoms with van der Waals surface area (Å²) in [5.41, 5.74) is 1.32. The van der Waals surface area contributed by atoms with Gasteiger partial charge in [-0.25, -0.2) is 4.98 Å². The van der Waals surface area contributed by atoms with Crippen molar-refractivity contribution in [2.75, 3.05) is 6.54 Å². The lowest BCUT2D eigenvalue weighted by atomic mass is 10.1. The maximum atomic E-state index is 4.33. The molecule has 3 heterocycles. The summed E-state index contributed by atoms with van der Waals surface area (Å²) in [5.74, 6) is 0. The molecule has 0 radical (unpaired) electrons. The second-order valence-corrected chi connectivity index (χ2v) is 5.55. The zero-order chi connectivity index (χ0) is 11.7. The van der Waals surface area contributed by atoms with Crippen molar-refractivity contribution in [2.24, 2.45) is 0 Å². The highest BCUT2D eigenvalue weighted by Gasteiger charge is 2.22. The van der Waals surface area contributed by atoms with Crippen LogP contribution in [0.5, 0.6) is 0 Å². The number of hydrogen-bond acceptors (Lipinski definition) is 3. The van der Waals surface area contributed by atoms with Crippen LogP contribution in [0.3, 0.4) is 0 Å². The van der Waals surface area contributed by atoms with E-state index in [0.717, 1.165) is 6.54 Å². The van der Waals surface area contributed by atoms with E-state index in [-0.39, 0.29) is 0 Å². The SMILES string of the molecule is CC(c1cccs1)n1cncc1[C@@H]1CCCN1. The van der Waals surface area contributed by atoms with Gasteiger partial charge in [-0.3, -0.25) is 0 Å². The molecule has 3 rings (SSSR count). The Morgan fingerprint density at radius 2 is 2.53 bits per heavy atom. The monoisotopic (exact) mass is 247 g/mol. The lowest BCUT2D eigenvalue weighted by molar-refractivity contribution is 0.543. The van der Waals surface area contributed by atoms with Crippen LogP contribution in [-0.2, 0) is 0 Å². The average molecular weight is 247 g/mol. The molecule has 0 spiro atoms. The minimum atomic E-state index is 0.384. The number of thiophene rings is 1. The highest BCUT2D eigenvalue weighted by atomic mass is 32.1. The molecule has 4 heteroatoms. The van der Waals surface area contributed by atoms with Gasteiger partial charge in [0.2, 0.25) is 0 Å². The third-order valence-electron chi connectivity index (χ3n) is 3.49. The molecule has 2 aromatic rings. The van der Waals surface area contributed by atoms with Gasteiger partial charge in [-0.2, -0.15) is 0 Å². The zero-order valence-electron chi connectivity index (χ0n) is 9.97. The molecule has 1 unspecified atom stereocenters. The van der Waals surface area contributed by atoms with Crippen molar-refractivity contribution in [3.8, 4) is 0 Å². The Morgan fingerprint density at radius 3 is 3.24 bits per heavy atom. The van der Waals surface area contributed by atoms with Gasteiger partial charge >= 0.3 is 0 Å². The van der Waals surface area contributed by atoms with E-state index in [1.54, 1.807) is 0 Å². The summed E-state index contributed by atoms with van der Waals surface area (Å²) in [7, 11) is 0. The van der Waals surface area contributed by atoms with Crippen LogP contribution in [0.2, 0.25) is 0 Å². The summed E-state index contributed by atoms with van der Waals surface area (Å²) in [4.78, 5) is 5.72. The molecule has 90 valence electrons. The van der Waals surface area contributed by atoms with E-state index in [4.69, 9.17) is 0 Å². The second kappa shape index (κ2) is 4.63. The lowest BCUT2D eigenvalue weighted by Crippen LogP contribution is -2.18. The first-order valence-electron chi connectivity index (χ1n) is 6.15. The molecular weight excluding hydrogens is 230 g/mol. The summed E-state index contributed by atoms with van der Waals surface area (Å²) in [6.07, 6.45) is 6.46. The van der Waals surface area contributed by atoms with Gasteiger partial charge in [-0.15, -0.1) is 11.3 Å². The third kappa shape index (κ3) is 2.03. The quantitative estimate of drug-likeness (QED) is 0.903. The standard InChI is InChI=1S/C13H17N3S/c1-10(13-5-3-7-17-13)16-9-14-8-12(16)11-4-2-6-15-11/h3,5,7-11,15H,2,4,6H2,1H3/t10?,11-/m0/s1. The zero-order valence-corrected chi connectivity index (χ0v) is 10.8. The highest BCUT2D eigenvalue weighted by Crippen LogP contribution is 2.29. The van der Waals surface area contributed by atoms with Gasteiger partial charge in [0.15, 0.2) is 0 Å². The predicted molar refractivity (Wildman–Crippen MR) is 70.3 cm³/mol. The van der Waals surface area contributed by atoms with Gasteiger partial charge < -0.3 is 9.88 Å². The van der Waals surface area contributed by atoms with Crippen LogP contribution in [0.25, 0.3) is 0 Å². The fourth-order valence-corrected chi connectivity index (χ4v) is 3.29. The van der Waals surface area contributed by atoms with Crippen LogP contribution >= 0.6 is 11.3 Å². The van der Waals surface area contributed by atoms with Crippen LogP contribution in [0.15, 0.2) is 30.0 Å². The molecule has 0 aliphatic carbocycles. The van der Waals surface area contributed by atoms with Crippen molar-refractivity contribution in [2.45, 2.75) is 31.8 Å². The number of aromatic nitrogens is 2. The van der Waals surface area contributed by atoms with E-state index in [0.29, 0.717) is 12.1 Å². The maximum Gasteiger partial charge on any atom is 0.0954 e. The van der Waals surface area contributed by atoms with Gasteiger partial charge in [-0.1, -0.05) is 6.07 Å². The number of imidazole rings is 1.